The summed E-state index contributed by atoms with van der Waals surface area (Å²) in [4.78, 5) is 16.0. The van der Waals surface area contributed by atoms with Gasteiger partial charge < -0.3 is 14.8 Å². The van der Waals surface area contributed by atoms with Crippen LogP contribution in [0.5, 0.6) is 0 Å². The summed E-state index contributed by atoms with van der Waals surface area (Å²) in [5.41, 5.74) is 6.63. The van der Waals surface area contributed by atoms with Crippen molar-refractivity contribution in [2.24, 2.45) is 0 Å². The lowest BCUT2D eigenvalue weighted by Crippen LogP contribution is -2.38. The van der Waals surface area contributed by atoms with Crippen molar-refractivity contribution in [1.29, 1.82) is 0 Å². The number of hydrogen-bond donors (Lipinski definition) is 1. The molecule has 6 nitrogen and oxygen atoms in total. The number of halogens is 1. The molecule has 0 unspecified atom stereocenters. The number of fused-ring (bicyclic) bond motifs is 3. The first-order valence-electron chi connectivity index (χ1n) is 12.8. The second-order valence-electron chi connectivity index (χ2n) is 9.49. The molecular formula is C31H28ClN5O. The van der Waals surface area contributed by atoms with Gasteiger partial charge in [-0.3, -0.25) is 0 Å². The first kappa shape index (κ1) is 24.1. The molecule has 1 atom stereocenters. The van der Waals surface area contributed by atoms with E-state index in [9.17, 15) is 4.79 Å². The number of para-hydroxylation sites is 1. The van der Waals surface area contributed by atoms with Crippen LogP contribution < -0.4 is 5.32 Å². The van der Waals surface area contributed by atoms with Crippen LogP contribution in [0.3, 0.4) is 0 Å². The van der Waals surface area contributed by atoms with E-state index in [2.05, 4.69) is 53.3 Å². The van der Waals surface area contributed by atoms with Gasteiger partial charge in [0.15, 0.2) is 0 Å². The third kappa shape index (κ3) is 4.17. The number of hydrogen-bond acceptors (Lipinski definition) is 2. The summed E-state index contributed by atoms with van der Waals surface area (Å²) in [5.74, 6) is 0.961. The maximum Gasteiger partial charge on any atom is 0.322 e. The van der Waals surface area contributed by atoms with Crippen molar-refractivity contribution in [3.8, 4) is 11.5 Å². The highest BCUT2D eigenvalue weighted by molar-refractivity contribution is 6.31. The predicted octanol–water partition coefficient (Wildman–Crippen LogP) is 7.32. The summed E-state index contributed by atoms with van der Waals surface area (Å²) in [5, 5.41) is 8.74. The number of urea groups is 1. The molecule has 2 amide bonds. The average Bonchev–Trinajstić information content (AvgIpc) is 3.53. The maximum absolute atomic E-state index is 14.1. The monoisotopic (exact) mass is 521 g/mol. The zero-order valence-corrected chi connectivity index (χ0v) is 22.1. The number of aryl methyl sites for hydroxylation is 2. The Bertz CT molecular complexity index is 1610. The number of carbonyl (C=O) groups is 1. The second kappa shape index (κ2) is 9.88. The standard InChI is InChI=1S/C31H28ClN5O/c1-3-27-25-20-36(31(38)33-23-17-16-21(2)26(32)19-23)29(22-11-6-4-7-12-22)28-15-10-18-35(28)30(25)37(34-27)24-13-8-5-9-14-24/h4-19,29H,3,20H2,1-2H3,(H,33,38)/t29-/m0/s1. The third-order valence-corrected chi connectivity index (χ3v) is 7.51. The highest BCUT2D eigenvalue weighted by atomic mass is 35.5. The Morgan fingerprint density at radius 3 is 2.45 bits per heavy atom. The van der Waals surface area contributed by atoms with Gasteiger partial charge in [-0.1, -0.05) is 73.1 Å². The summed E-state index contributed by atoms with van der Waals surface area (Å²) in [6.45, 7) is 4.45. The number of aromatic nitrogens is 3. The molecular weight excluding hydrogens is 494 g/mol. The van der Waals surface area contributed by atoms with E-state index in [1.54, 1.807) is 6.07 Å². The summed E-state index contributed by atoms with van der Waals surface area (Å²) in [7, 11) is 0. The number of amides is 2. The molecule has 0 spiro atoms. The van der Waals surface area contributed by atoms with Gasteiger partial charge in [-0.15, -0.1) is 0 Å². The Morgan fingerprint density at radius 2 is 1.74 bits per heavy atom. The number of nitrogens with one attached hydrogen (secondary N) is 1. The fourth-order valence-electron chi connectivity index (χ4n) is 5.20. The Hall–Kier alpha value is -4.29. The molecule has 7 heteroatoms. The Kier molecular flexibility index (Phi) is 6.26. The molecule has 5 aromatic rings. The van der Waals surface area contributed by atoms with E-state index in [1.165, 1.54) is 0 Å². The molecule has 6 rings (SSSR count). The summed E-state index contributed by atoms with van der Waals surface area (Å²) < 4.78 is 4.18. The van der Waals surface area contributed by atoms with Crippen molar-refractivity contribution in [3.63, 3.8) is 0 Å². The average molecular weight is 522 g/mol. The van der Waals surface area contributed by atoms with E-state index in [4.69, 9.17) is 16.7 Å². The van der Waals surface area contributed by atoms with E-state index < -0.39 is 0 Å². The van der Waals surface area contributed by atoms with Gasteiger partial charge in [0.2, 0.25) is 0 Å². The fourth-order valence-corrected chi connectivity index (χ4v) is 5.38. The van der Waals surface area contributed by atoms with Crippen molar-refractivity contribution in [2.75, 3.05) is 5.32 Å². The first-order chi connectivity index (χ1) is 18.5. The predicted molar refractivity (Wildman–Crippen MR) is 151 cm³/mol. The number of carbonyl (C=O) groups excluding carboxylic acids is 1. The highest BCUT2D eigenvalue weighted by Gasteiger charge is 2.36. The molecule has 1 N–H and O–H groups in total. The van der Waals surface area contributed by atoms with E-state index >= 15 is 0 Å². The van der Waals surface area contributed by atoms with Gasteiger partial charge in [0, 0.05) is 22.5 Å². The Balaban J connectivity index is 1.53. The summed E-state index contributed by atoms with van der Waals surface area (Å²) in [6.07, 6.45) is 2.81. The Labute approximate surface area is 227 Å². The molecule has 0 aliphatic carbocycles. The topological polar surface area (TPSA) is 55.1 Å². The molecule has 0 saturated heterocycles. The number of anilines is 1. The molecule has 0 saturated carbocycles. The smallest absolute Gasteiger partial charge is 0.308 e. The fraction of sp³-hybridized carbons (Fsp3) is 0.161. The van der Waals surface area contributed by atoms with Crippen LogP contribution in [0.4, 0.5) is 10.5 Å². The van der Waals surface area contributed by atoms with E-state index in [0.717, 1.165) is 46.0 Å². The van der Waals surface area contributed by atoms with Crippen LogP contribution in [0, 0.1) is 6.92 Å². The largest absolute Gasteiger partial charge is 0.322 e. The molecule has 1 aliphatic rings. The van der Waals surface area contributed by atoms with E-state index in [0.29, 0.717) is 17.3 Å². The lowest BCUT2D eigenvalue weighted by atomic mass is 10.0. The van der Waals surface area contributed by atoms with Crippen molar-refractivity contribution in [2.45, 2.75) is 32.9 Å². The normalized spacial score (nSPS) is 14.5. The van der Waals surface area contributed by atoms with Gasteiger partial charge in [0.25, 0.3) is 0 Å². The maximum atomic E-state index is 14.1. The molecule has 38 heavy (non-hydrogen) atoms. The molecule has 2 aromatic heterocycles. The highest BCUT2D eigenvalue weighted by Crippen LogP contribution is 2.39. The minimum atomic E-state index is -0.312. The van der Waals surface area contributed by atoms with Crippen LogP contribution in [-0.2, 0) is 13.0 Å². The van der Waals surface area contributed by atoms with Crippen LogP contribution >= 0.6 is 11.6 Å². The van der Waals surface area contributed by atoms with Crippen molar-refractivity contribution < 1.29 is 4.79 Å². The molecule has 0 radical (unpaired) electrons. The van der Waals surface area contributed by atoms with Gasteiger partial charge in [-0.05, 0) is 60.9 Å². The summed E-state index contributed by atoms with van der Waals surface area (Å²) in [6, 6.07) is 29.5. The molecule has 3 aromatic carbocycles. The number of rotatable bonds is 4. The van der Waals surface area contributed by atoms with E-state index in [-0.39, 0.29) is 12.1 Å². The third-order valence-electron chi connectivity index (χ3n) is 7.10. The van der Waals surface area contributed by atoms with Crippen LogP contribution in [-0.4, -0.2) is 25.3 Å². The van der Waals surface area contributed by atoms with Crippen LogP contribution in [0.25, 0.3) is 11.5 Å². The van der Waals surface area contributed by atoms with Crippen LogP contribution in [0.1, 0.15) is 41.0 Å². The molecule has 1 aliphatic heterocycles. The first-order valence-corrected chi connectivity index (χ1v) is 13.2. The lowest BCUT2D eigenvalue weighted by molar-refractivity contribution is 0.194. The van der Waals surface area contributed by atoms with Gasteiger partial charge in [-0.25, -0.2) is 9.48 Å². The van der Waals surface area contributed by atoms with Gasteiger partial charge in [0.1, 0.15) is 5.82 Å². The zero-order chi connectivity index (χ0) is 26.2. The minimum Gasteiger partial charge on any atom is -0.308 e. The molecule has 190 valence electrons. The van der Waals surface area contributed by atoms with Crippen molar-refractivity contribution in [3.05, 3.63) is 130 Å². The van der Waals surface area contributed by atoms with Crippen molar-refractivity contribution >= 4 is 23.3 Å². The number of benzene rings is 3. The lowest BCUT2D eigenvalue weighted by Gasteiger charge is -2.31. The molecule has 0 bridgehead atoms. The minimum absolute atomic E-state index is 0.200. The number of nitrogens with zero attached hydrogens (tertiary/aromatic N) is 4. The van der Waals surface area contributed by atoms with Gasteiger partial charge >= 0.3 is 6.03 Å². The van der Waals surface area contributed by atoms with Gasteiger partial charge in [-0.2, -0.15) is 5.10 Å². The quantitative estimate of drug-likeness (QED) is 0.269. The SMILES string of the molecule is CCc1nn(-c2ccccc2)c2c1CN(C(=O)Nc1ccc(C)c(Cl)c1)[C@@H](c1ccccc1)c1cccn1-2. The van der Waals surface area contributed by atoms with Gasteiger partial charge in [0.05, 0.1) is 29.7 Å². The van der Waals surface area contributed by atoms with E-state index in [1.807, 2.05) is 71.1 Å². The summed E-state index contributed by atoms with van der Waals surface area (Å²) >= 11 is 6.37. The zero-order valence-electron chi connectivity index (χ0n) is 21.3. The van der Waals surface area contributed by atoms with Crippen LogP contribution in [0.2, 0.25) is 5.02 Å². The Morgan fingerprint density at radius 1 is 1.00 bits per heavy atom. The second-order valence-corrected chi connectivity index (χ2v) is 9.90. The van der Waals surface area contributed by atoms with Crippen molar-refractivity contribution in [1.82, 2.24) is 19.2 Å². The van der Waals surface area contributed by atoms with Crippen LogP contribution in [0.15, 0.2) is 97.2 Å². The molecule has 0 fully saturated rings. The molecule has 3 heterocycles.